The summed E-state index contributed by atoms with van der Waals surface area (Å²) in [5.74, 6) is -0.178. The van der Waals surface area contributed by atoms with Crippen molar-refractivity contribution in [1.29, 1.82) is 0 Å². The summed E-state index contributed by atoms with van der Waals surface area (Å²) in [4.78, 5) is 15.1. The number of carbonyl (C=O) groups excluding carboxylic acids is 1. The Hall–Kier alpha value is -1.49. The maximum absolute atomic E-state index is 12.5. The van der Waals surface area contributed by atoms with Crippen molar-refractivity contribution >= 4 is 11.7 Å². The lowest BCUT2D eigenvalue weighted by Crippen LogP contribution is -2.27. The number of aromatic nitrogens is 1. The van der Waals surface area contributed by atoms with Crippen molar-refractivity contribution in [2.75, 3.05) is 11.9 Å². The molecule has 0 saturated carbocycles. The topological polar surface area (TPSA) is 54.0 Å². The van der Waals surface area contributed by atoms with Gasteiger partial charge in [0.15, 0.2) is 0 Å². The van der Waals surface area contributed by atoms with Gasteiger partial charge in [-0.05, 0) is 12.1 Å². The lowest BCUT2D eigenvalue weighted by Gasteiger charge is -2.07. The molecule has 0 fully saturated rings. The fourth-order valence-electron chi connectivity index (χ4n) is 1.13. The van der Waals surface area contributed by atoms with Crippen molar-refractivity contribution in [2.24, 2.45) is 0 Å². The molecule has 0 radical (unpaired) electrons. The van der Waals surface area contributed by atoms with E-state index in [-0.39, 0.29) is 5.91 Å². The van der Waals surface area contributed by atoms with Gasteiger partial charge in [0.2, 0.25) is 5.91 Å². The molecule has 0 unspecified atom stereocenters. The summed E-state index contributed by atoms with van der Waals surface area (Å²) < 4.78 is 12.5. The van der Waals surface area contributed by atoms with Crippen molar-refractivity contribution in [2.45, 2.75) is 26.3 Å². The van der Waals surface area contributed by atoms with Crippen molar-refractivity contribution in [3.8, 4) is 0 Å². The van der Waals surface area contributed by atoms with Crippen molar-refractivity contribution in [3.63, 3.8) is 0 Å². The normalized spacial score (nSPS) is 10.5. The molecule has 0 aliphatic carbocycles. The summed E-state index contributed by atoms with van der Waals surface area (Å²) in [5, 5.41) is 5.72. The van der Waals surface area contributed by atoms with Crippen molar-refractivity contribution < 1.29 is 9.18 Å². The SMILES string of the molecule is CC(C)NCCC(=O)Nc1ccc(F)cn1. The van der Waals surface area contributed by atoms with Crippen LogP contribution in [0.15, 0.2) is 18.3 Å². The second-order valence-corrected chi connectivity index (χ2v) is 3.77. The molecule has 1 amide bonds. The molecule has 2 N–H and O–H groups in total. The maximum Gasteiger partial charge on any atom is 0.226 e. The lowest BCUT2D eigenvalue weighted by atomic mass is 10.3. The fourth-order valence-corrected chi connectivity index (χ4v) is 1.13. The van der Waals surface area contributed by atoms with Gasteiger partial charge in [-0.2, -0.15) is 0 Å². The first-order valence-corrected chi connectivity index (χ1v) is 5.22. The fraction of sp³-hybridized carbons (Fsp3) is 0.455. The van der Waals surface area contributed by atoms with Gasteiger partial charge in [0.05, 0.1) is 6.20 Å². The molecule has 1 rings (SSSR count). The Bertz CT molecular complexity index is 338. The average molecular weight is 225 g/mol. The minimum Gasteiger partial charge on any atom is -0.314 e. The van der Waals surface area contributed by atoms with Gasteiger partial charge in [-0.1, -0.05) is 13.8 Å². The van der Waals surface area contributed by atoms with Crippen LogP contribution in [0.5, 0.6) is 0 Å². The standard InChI is InChI=1S/C11H16FN3O/c1-8(2)13-6-5-11(16)15-10-4-3-9(12)7-14-10/h3-4,7-8,13H,5-6H2,1-2H3,(H,14,15,16). The van der Waals surface area contributed by atoms with Crippen LogP contribution in [0.25, 0.3) is 0 Å². The molecule has 0 aliphatic rings. The first-order chi connectivity index (χ1) is 7.58. The van der Waals surface area contributed by atoms with Gasteiger partial charge < -0.3 is 10.6 Å². The predicted molar refractivity (Wildman–Crippen MR) is 60.6 cm³/mol. The molecular weight excluding hydrogens is 209 g/mol. The quantitative estimate of drug-likeness (QED) is 0.799. The Labute approximate surface area is 94.3 Å². The summed E-state index contributed by atoms with van der Waals surface area (Å²) in [5.41, 5.74) is 0. The molecule has 1 heterocycles. The molecule has 88 valence electrons. The van der Waals surface area contributed by atoms with Crippen molar-refractivity contribution in [1.82, 2.24) is 10.3 Å². The first-order valence-electron chi connectivity index (χ1n) is 5.22. The Kier molecular flexibility index (Phi) is 4.85. The number of nitrogens with one attached hydrogen (secondary N) is 2. The average Bonchev–Trinajstić information content (AvgIpc) is 2.21. The second-order valence-electron chi connectivity index (χ2n) is 3.77. The van der Waals surface area contributed by atoms with E-state index < -0.39 is 5.82 Å². The van der Waals surface area contributed by atoms with E-state index in [1.807, 2.05) is 13.8 Å². The minimum absolute atomic E-state index is 0.132. The van der Waals surface area contributed by atoms with Gasteiger partial charge in [-0.15, -0.1) is 0 Å². The van der Waals surface area contributed by atoms with Crippen LogP contribution in [-0.2, 0) is 4.79 Å². The molecule has 16 heavy (non-hydrogen) atoms. The number of anilines is 1. The third kappa shape index (κ3) is 4.84. The number of halogens is 1. The molecular formula is C11H16FN3O. The van der Waals surface area contributed by atoms with Crippen LogP contribution in [-0.4, -0.2) is 23.5 Å². The molecule has 4 nitrogen and oxygen atoms in total. The Morgan fingerprint density at radius 3 is 2.81 bits per heavy atom. The third-order valence-corrected chi connectivity index (χ3v) is 1.90. The Balaban J connectivity index is 2.31. The molecule has 0 saturated heterocycles. The highest BCUT2D eigenvalue weighted by Crippen LogP contribution is 2.03. The van der Waals surface area contributed by atoms with Crippen LogP contribution in [0.2, 0.25) is 0 Å². The van der Waals surface area contributed by atoms with Gasteiger partial charge in [-0.25, -0.2) is 9.37 Å². The maximum atomic E-state index is 12.5. The van der Waals surface area contributed by atoms with Gasteiger partial charge in [0, 0.05) is 19.0 Å². The molecule has 0 bridgehead atoms. The number of rotatable bonds is 5. The highest BCUT2D eigenvalue weighted by Gasteiger charge is 2.03. The summed E-state index contributed by atoms with van der Waals surface area (Å²) in [6, 6.07) is 3.05. The van der Waals surface area contributed by atoms with Gasteiger partial charge in [0.1, 0.15) is 11.6 Å². The smallest absolute Gasteiger partial charge is 0.226 e. The van der Waals surface area contributed by atoms with Crippen LogP contribution in [0.4, 0.5) is 10.2 Å². The largest absolute Gasteiger partial charge is 0.314 e. The highest BCUT2D eigenvalue weighted by molar-refractivity contribution is 5.89. The first kappa shape index (κ1) is 12.6. The minimum atomic E-state index is -0.417. The summed E-state index contributed by atoms with van der Waals surface area (Å²) in [7, 11) is 0. The van der Waals surface area contributed by atoms with E-state index in [0.29, 0.717) is 24.8 Å². The van der Waals surface area contributed by atoms with Gasteiger partial charge in [-0.3, -0.25) is 4.79 Å². The second kappa shape index (κ2) is 6.17. The van der Waals surface area contributed by atoms with E-state index in [1.54, 1.807) is 0 Å². The lowest BCUT2D eigenvalue weighted by molar-refractivity contribution is -0.116. The zero-order chi connectivity index (χ0) is 12.0. The number of hydrogen-bond acceptors (Lipinski definition) is 3. The Morgan fingerprint density at radius 2 is 2.25 bits per heavy atom. The molecule has 0 aromatic carbocycles. The van der Waals surface area contributed by atoms with E-state index in [9.17, 15) is 9.18 Å². The molecule has 5 heteroatoms. The number of amides is 1. The Morgan fingerprint density at radius 1 is 1.50 bits per heavy atom. The molecule has 1 aromatic heterocycles. The van der Waals surface area contributed by atoms with E-state index in [1.165, 1.54) is 12.1 Å². The van der Waals surface area contributed by atoms with Crippen LogP contribution in [0.1, 0.15) is 20.3 Å². The monoisotopic (exact) mass is 225 g/mol. The number of nitrogens with zero attached hydrogens (tertiary/aromatic N) is 1. The highest BCUT2D eigenvalue weighted by atomic mass is 19.1. The zero-order valence-electron chi connectivity index (χ0n) is 9.46. The number of hydrogen-bond donors (Lipinski definition) is 2. The molecule has 1 aromatic rings. The van der Waals surface area contributed by atoms with E-state index in [4.69, 9.17) is 0 Å². The number of pyridine rings is 1. The third-order valence-electron chi connectivity index (χ3n) is 1.90. The molecule has 0 atom stereocenters. The predicted octanol–water partition coefficient (Wildman–Crippen LogP) is 1.55. The van der Waals surface area contributed by atoms with Crippen LogP contribution >= 0.6 is 0 Å². The molecule has 0 spiro atoms. The van der Waals surface area contributed by atoms with Crippen LogP contribution in [0.3, 0.4) is 0 Å². The van der Waals surface area contributed by atoms with E-state index in [2.05, 4.69) is 15.6 Å². The van der Waals surface area contributed by atoms with E-state index >= 15 is 0 Å². The van der Waals surface area contributed by atoms with Crippen LogP contribution in [0, 0.1) is 5.82 Å². The number of carbonyl (C=O) groups is 1. The zero-order valence-corrected chi connectivity index (χ0v) is 9.46. The van der Waals surface area contributed by atoms with Crippen molar-refractivity contribution in [3.05, 3.63) is 24.1 Å². The summed E-state index contributed by atoms with van der Waals surface area (Å²) in [6.45, 7) is 4.64. The van der Waals surface area contributed by atoms with Gasteiger partial charge >= 0.3 is 0 Å². The van der Waals surface area contributed by atoms with Crippen LogP contribution < -0.4 is 10.6 Å². The van der Waals surface area contributed by atoms with E-state index in [0.717, 1.165) is 6.20 Å². The van der Waals surface area contributed by atoms with Gasteiger partial charge in [0.25, 0.3) is 0 Å². The summed E-state index contributed by atoms with van der Waals surface area (Å²) >= 11 is 0. The molecule has 0 aliphatic heterocycles. The summed E-state index contributed by atoms with van der Waals surface area (Å²) in [6.07, 6.45) is 1.44.